The monoisotopic (exact) mass is 323 g/mol. The van der Waals surface area contributed by atoms with E-state index in [1.54, 1.807) is 0 Å². The van der Waals surface area contributed by atoms with Crippen molar-refractivity contribution in [3.8, 4) is 0 Å². The van der Waals surface area contributed by atoms with Crippen molar-refractivity contribution >= 4 is 17.6 Å². The maximum atomic E-state index is 13.4. The lowest BCUT2D eigenvalue weighted by atomic mass is 9.91. The van der Waals surface area contributed by atoms with Gasteiger partial charge in [-0.2, -0.15) is 0 Å². The zero-order chi connectivity index (χ0) is 16.9. The summed E-state index contributed by atoms with van der Waals surface area (Å²) in [5, 5.41) is 9.96. The lowest BCUT2D eigenvalue weighted by molar-refractivity contribution is -0.144. The predicted molar refractivity (Wildman–Crippen MR) is 70.5 cm³/mol. The second kappa shape index (κ2) is 4.87. The molecule has 0 saturated carbocycles. The van der Waals surface area contributed by atoms with Crippen molar-refractivity contribution in [2.75, 3.05) is 0 Å². The lowest BCUT2D eigenvalue weighted by Crippen LogP contribution is -2.34. The number of hydrogen-bond donors (Lipinski definition) is 1. The number of benzene rings is 1. The molecule has 23 heavy (non-hydrogen) atoms. The molecule has 1 saturated heterocycles. The van der Waals surface area contributed by atoms with Crippen molar-refractivity contribution in [1.82, 2.24) is 4.90 Å². The third kappa shape index (κ3) is 2.18. The fourth-order valence-corrected chi connectivity index (χ4v) is 2.59. The summed E-state index contributed by atoms with van der Waals surface area (Å²) in [5.41, 5.74) is -2.12. The first kappa shape index (κ1) is 15.1. The van der Waals surface area contributed by atoms with Gasteiger partial charge in [-0.1, -0.05) is 0 Å². The first-order valence-electron chi connectivity index (χ1n) is 6.73. The molecule has 1 N–H and O–H groups in total. The van der Waals surface area contributed by atoms with Crippen molar-refractivity contribution in [2.24, 2.45) is 0 Å². The number of carbonyl (C=O) groups excluding carboxylic acids is 3. The minimum atomic E-state index is -1.94. The van der Waals surface area contributed by atoms with E-state index in [0.29, 0.717) is 11.0 Å². The second-order valence-corrected chi connectivity index (χ2v) is 5.40. The Morgan fingerprint density at radius 1 is 1.09 bits per heavy atom. The Kier molecular flexibility index (Phi) is 3.20. The van der Waals surface area contributed by atoms with E-state index in [0.717, 1.165) is 12.1 Å². The highest BCUT2D eigenvalue weighted by Gasteiger charge is 2.52. The molecule has 6 nitrogen and oxygen atoms in total. The van der Waals surface area contributed by atoms with Crippen LogP contribution in [-0.4, -0.2) is 27.6 Å². The molecule has 1 aromatic rings. The maximum absolute atomic E-state index is 13.4. The van der Waals surface area contributed by atoms with Gasteiger partial charge >= 0.3 is 0 Å². The second-order valence-electron chi connectivity index (χ2n) is 5.40. The summed E-state index contributed by atoms with van der Waals surface area (Å²) in [7, 11) is 0. The van der Waals surface area contributed by atoms with Gasteiger partial charge in [0.25, 0.3) is 11.7 Å². The van der Waals surface area contributed by atoms with E-state index in [2.05, 4.69) is 0 Å². The molecule has 0 bridgehead atoms. The van der Waals surface area contributed by atoms with Crippen LogP contribution in [0.3, 0.4) is 0 Å². The molecule has 2 aliphatic rings. The zero-order valence-corrected chi connectivity index (χ0v) is 11.9. The summed E-state index contributed by atoms with van der Waals surface area (Å²) in [5.74, 6) is -5.64. The van der Waals surface area contributed by atoms with E-state index < -0.39 is 46.5 Å². The molecule has 1 aromatic carbocycles. The van der Waals surface area contributed by atoms with Gasteiger partial charge in [0.15, 0.2) is 5.60 Å². The Bertz CT molecular complexity index is 752. The fourth-order valence-electron chi connectivity index (χ4n) is 2.59. The molecule has 0 radical (unpaired) electrons. The summed E-state index contributed by atoms with van der Waals surface area (Å²) >= 11 is 0. The number of rotatable bonds is 2. The molecule has 2 aliphatic heterocycles. The minimum absolute atomic E-state index is 0.0710. The Morgan fingerprint density at radius 3 is 2.13 bits per heavy atom. The largest absolute Gasteiger partial charge is 0.501 e. The number of imide groups is 1. The lowest BCUT2D eigenvalue weighted by Gasteiger charge is -2.25. The summed E-state index contributed by atoms with van der Waals surface area (Å²) in [6, 6.07) is 2.38. The van der Waals surface area contributed by atoms with Gasteiger partial charge in [0.2, 0.25) is 17.6 Å². The van der Waals surface area contributed by atoms with Gasteiger partial charge in [-0.05, 0) is 19.1 Å². The topological polar surface area (TPSA) is 83.9 Å². The molecule has 0 aliphatic carbocycles. The predicted octanol–water partition coefficient (Wildman–Crippen LogP) is 1.66. The number of ketones is 1. The highest BCUT2D eigenvalue weighted by molar-refractivity contribution is 6.08. The van der Waals surface area contributed by atoms with Crippen LogP contribution in [0.2, 0.25) is 0 Å². The molecule has 0 aromatic heterocycles. The number of Topliss-reactive ketones (excluding diaryl/α,β-unsaturated/α-hetero) is 1. The Balaban J connectivity index is 2.04. The first-order chi connectivity index (χ1) is 10.7. The highest BCUT2D eigenvalue weighted by atomic mass is 19.1. The van der Waals surface area contributed by atoms with Crippen LogP contribution in [0.4, 0.5) is 8.78 Å². The van der Waals surface area contributed by atoms with Crippen LogP contribution < -0.4 is 0 Å². The van der Waals surface area contributed by atoms with Crippen LogP contribution in [0.25, 0.3) is 0 Å². The van der Waals surface area contributed by atoms with Crippen molar-refractivity contribution < 1.29 is 33.0 Å². The quantitative estimate of drug-likeness (QED) is 0.837. The Morgan fingerprint density at radius 2 is 1.61 bits per heavy atom. The third-order valence-electron chi connectivity index (χ3n) is 3.82. The van der Waals surface area contributed by atoms with E-state index in [4.69, 9.17) is 4.74 Å². The van der Waals surface area contributed by atoms with Crippen molar-refractivity contribution in [1.29, 1.82) is 0 Å². The zero-order valence-electron chi connectivity index (χ0n) is 11.9. The molecular formula is C15H11F2NO5. The van der Waals surface area contributed by atoms with Crippen LogP contribution in [0.1, 0.15) is 25.3 Å². The van der Waals surface area contributed by atoms with Gasteiger partial charge in [-0.15, -0.1) is 0 Å². The van der Waals surface area contributed by atoms with Crippen LogP contribution >= 0.6 is 0 Å². The Hall–Kier alpha value is -2.77. The van der Waals surface area contributed by atoms with Gasteiger partial charge in [-0.25, -0.2) is 13.7 Å². The Labute approximate surface area is 128 Å². The van der Waals surface area contributed by atoms with Gasteiger partial charge in [0, 0.05) is 24.5 Å². The maximum Gasteiger partial charge on any atom is 0.252 e. The minimum Gasteiger partial charge on any atom is -0.501 e. The molecular weight excluding hydrogens is 312 g/mol. The van der Waals surface area contributed by atoms with E-state index in [9.17, 15) is 28.3 Å². The summed E-state index contributed by atoms with van der Waals surface area (Å²) in [4.78, 5) is 36.3. The number of amides is 2. The van der Waals surface area contributed by atoms with Crippen LogP contribution in [-0.2, 0) is 24.7 Å². The summed E-state index contributed by atoms with van der Waals surface area (Å²) < 4.78 is 32.1. The average molecular weight is 323 g/mol. The van der Waals surface area contributed by atoms with Gasteiger partial charge in [0.1, 0.15) is 11.6 Å². The first-order valence-corrected chi connectivity index (χ1v) is 6.73. The molecule has 8 heteroatoms. The van der Waals surface area contributed by atoms with E-state index in [-0.39, 0.29) is 18.4 Å². The molecule has 120 valence electrons. The van der Waals surface area contributed by atoms with Gasteiger partial charge in [0.05, 0.1) is 0 Å². The third-order valence-corrected chi connectivity index (χ3v) is 3.82. The molecule has 2 heterocycles. The molecule has 2 amide bonds. The number of aliphatic hydroxyl groups excluding tert-OH is 1. The molecule has 1 fully saturated rings. The average Bonchev–Trinajstić information content (AvgIpc) is 2.91. The van der Waals surface area contributed by atoms with Crippen molar-refractivity contribution in [2.45, 2.75) is 25.4 Å². The van der Waals surface area contributed by atoms with Crippen LogP contribution in [0.5, 0.6) is 0 Å². The summed E-state index contributed by atoms with van der Waals surface area (Å²) in [6.07, 6.45) is -0.142. The highest BCUT2D eigenvalue weighted by Crippen LogP contribution is 2.40. The van der Waals surface area contributed by atoms with E-state index >= 15 is 0 Å². The fraction of sp³-hybridized carbons (Fsp3) is 0.267. The van der Waals surface area contributed by atoms with Crippen LogP contribution in [0.15, 0.2) is 29.8 Å². The van der Waals surface area contributed by atoms with Gasteiger partial charge < -0.3 is 9.84 Å². The smallest absolute Gasteiger partial charge is 0.252 e. The SMILES string of the molecule is CC1(c2cc(F)cc(F)c2)OC(N2C(=O)CCC2=O)=C(O)C1=O. The standard InChI is InChI=1S/C15H11F2NO5/c1-15(7-4-8(16)6-9(17)5-7)13(22)12(21)14(23-15)18-10(19)2-3-11(18)20/h4-6,21H,2-3H2,1H3. The summed E-state index contributed by atoms with van der Waals surface area (Å²) in [6.45, 7) is 1.19. The number of likely N-dealkylation sites (tertiary alicyclic amines) is 1. The number of hydrogen-bond acceptors (Lipinski definition) is 5. The molecule has 1 unspecified atom stereocenters. The van der Waals surface area contributed by atoms with E-state index in [1.165, 1.54) is 6.92 Å². The van der Waals surface area contributed by atoms with Crippen LogP contribution in [0, 0.1) is 11.6 Å². The number of nitrogens with zero attached hydrogens (tertiary/aromatic N) is 1. The van der Waals surface area contributed by atoms with E-state index in [1.807, 2.05) is 0 Å². The number of ether oxygens (including phenoxy) is 1. The number of aliphatic hydroxyl groups is 1. The normalized spacial score (nSPS) is 24.7. The van der Waals surface area contributed by atoms with Crippen molar-refractivity contribution in [3.63, 3.8) is 0 Å². The molecule has 1 atom stereocenters. The van der Waals surface area contributed by atoms with Gasteiger partial charge in [-0.3, -0.25) is 14.4 Å². The molecule has 0 spiro atoms. The number of carbonyl (C=O) groups is 3. The molecule has 3 rings (SSSR count). The van der Waals surface area contributed by atoms with Crippen molar-refractivity contribution in [3.05, 3.63) is 47.0 Å². The number of halogens is 2.